The number of aliphatic hydroxyl groups is 1. The molecule has 0 unspecified atom stereocenters. The van der Waals surface area contributed by atoms with Crippen LogP contribution in [0.4, 0.5) is 0 Å². The molecule has 6 heteroatoms. The van der Waals surface area contributed by atoms with Gasteiger partial charge in [-0.25, -0.2) is 9.97 Å². The van der Waals surface area contributed by atoms with Crippen molar-refractivity contribution in [1.29, 1.82) is 0 Å². The smallest absolute Gasteiger partial charge is 0.258 e. The number of rotatable bonds is 7. The summed E-state index contributed by atoms with van der Waals surface area (Å²) in [5.74, 6) is 0.583. The first-order valence-corrected chi connectivity index (χ1v) is 8.07. The third-order valence-electron chi connectivity index (χ3n) is 3.01. The zero-order chi connectivity index (χ0) is 15.1. The molecule has 1 aromatic heterocycles. The highest BCUT2D eigenvalue weighted by Gasteiger charge is 2.22. The molecule has 0 spiro atoms. The summed E-state index contributed by atoms with van der Waals surface area (Å²) in [6, 6.07) is 0. The summed E-state index contributed by atoms with van der Waals surface area (Å²) < 4.78 is 0. The molecule has 0 aliphatic carbocycles. The minimum Gasteiger partial charge on any atom is -0.395 e. The highest BCUT2D eigenvalue weighted by atomic mass is 32.2. The van der Waals surface area contributed by atoms with Crippen LogP contribution < -0.4 is 0 Å². The average molecular weight is 297 g/mol. The summed E-state index contributed by atoms with van der Waals surface area (Å²) in [5.41, 5.74) is 1.26. The van der Waals surface area contributed by atoms with Crippen molar-refractivity contribution in [2.75, 3.05) is 26.0 Å². The Morgan fingerprint density at radius 2 is 2.00 bits per heavy atom. The van der Waals surface area contributed by atoms with Gasteiger partial charge in [-0.1, -0.05) is 13.3 Å². The van der Waals surface area contributed by atoms with Crippen LogP contribution in [0.5, 0.6) is 0 Å². The number of carbonyl (C=O) groups excluding carboxylic acids is 1. The van der Waals surface area contributed by atoms with Gasteiger partial charge in [-0.3, -0.25) is 4.79 Å². The fourth-order valence-electron chi connectivity index (χ4n) is 2.02. The number of aryl methyl sites for hydroxylation is 2. The lowest BCUT2D eigenvalue weighted by Gasteiger charge is -2.23. The van der Waals surface area contributed by atoms with Crippen LogP contribution in [0.25, 0.3) is 0 Å². The SMILES string of the molecule is CCCCN(CCO)C(=O)c1c(C)nc(C)nc1SC. The molecule has 20 heavy (non-hydrogen) atoms. The monoisotopic (exact) mass is 297 g/mol. The molecule has 0 aromatic carbocycles. The van der Waals surface area contributed by atoms with Gasteiger partial charge in [-0.05, 0) is 26.5 Å². The van der Waals surface area contributed by atoms with E-state index in [0.717, 1.165) is 12.8 Å². The number of hydrogen-bond donors (Lipinski definition) is 1. The number of carbonyl (C=O) groups is 1. The van der Waals surface area contributed by atoms with E-state index in [-0.39, 0.29) is 12.5 Å². The van der Waals surface area contributed by atoms with Gasteiger partial charge < -0.3 is 10.0 Å². The summed E-state index contributed by atoms with van der Waals surface area (Å²) in [6.45, 7) is 6.70. The molecule has 0 bridgehead atoms. The normalized spacial score (nSPS) is 10.7. The molecular formula is C14H23N3O2S. The van der Waals surface area contributed by atoms with Crippen LogP contribution in [0, 0.1) is 13.8 Å². The molecule has 1 heterocycles. The Morgan fingerprint density at radius 3 is 2.55 bits per heavy atom. The molecular weight excluding hydrogens is 274 g/mol. The number of amides is 1. The molecule has 0 atom stereocenters. The fraction of sp³-hybridized carbons (Fsp3) is 0.643. The predicted octanol–water partition coefficient (Wildman–Crippen LogP) is 2.05. The van der Waals surface area contributed by atoms with E-state index in [0.29, 0.717) is 35.2 Å². The molecule has 1 rings (SSSR count). The van der Waals surface area contributed by atoms with E-state index in [1.54, 1.807) is 4.90 Å². The number of aliphatic hydroxyl groups excluding tert-OH is 1. The van der Waals surface area contributed by atoms with E-state index < -0.39 is 0 Å². The first kappa shape index (κ1) is 16.9. The second-order valence-electron chi connectivity index (χ2n) is 4.61. The van der Waals surface area contributed by atoms with Gasteiger partial charge in [-0.15, -0.1) is 11.8 Å². The van der Waals surface area contributed by atoms with Crippen molar-refractivity contribution in [1.82, 2.24) is 14.9 Å². The lowest BCUT2D eigenvalue weighted by molar-refractivity contribution is 0.0713. The van der Waals surface area contributed by atoms with Crippen molar-refractivity contribution in [3.8, 4) is 0 Å². The lowest BCUT2D eigenvalue weighted by atomic mass is 10.2. The van der Waals surface area contributed by atoms with Crippen LogP contribution in [-0.4, -0.2) is 51.8 Å². The van der Waals surface area contributed by atoms with Crippen molar-refractivity contribution in [2.24, 2.45) is 0 Å². The number of thioether (sulfide) groups is 1. The molecule has 1 N–H and O–H groups in total. The first-order chi connectivity index (χ1) is 9.54. The van der Waals surface area contributed by atoms with E-state index in [4.69, 9.17) is 5.11 Å². The highest BCUT2D eigenvalue weighted by Crippen LogP contribution is 2.22. The van der Waals surface area contributed by atoms with Gasteiger partial charge >= 0.3 is 0 Å². The molecule has 0 radical (unpaired) electrons. The van der Waals surface area contributed by atoms with Gasteiger partial charge in [0.15, 0.2) is 0 Å². The average Bonchev–Trinajstić information content (AvgIpc) is 2.41. The van der Waals surface area contributed by atoms with E-state index in [9.17, 15) is 4.79 Å². The van der Waals surface area contributed by atoms with Gasteiger partial charge in [0.25, 0.3) is 5.91 Å². The van der Waals surface area contributed by atoms with Crippen molar-refractivity contribution in [3.63, 3.8) is 0 Å². The molecule has 5 nitrogen and oxygen atoms in total. The largest absolute Gasteiger partial charge is 0.395 e. The Hall–Kier alpha value is -1.14. The Morgan fingerprint density at radius 1 is 1.30 bits per heavy atom. The van der Waals surface area contributed by atoms with Crippen molar-refractivity contribution in [3.05, 3.63) is 17.1 Å². The van der Waals surface area contributed by atoms with Gasteiger partial charge in [0.2, 0.25) is 0 Å². The molecule has 112 valence electrons. The maximum Gasteiger partial charge on any atom is 0.258 e. The van der Waals surface area contributed by atoms with Crippen molar-refractivity contribution < 1.29 is 9.90 Å². The zero-order valence-corrected chi connectivity index (χ0v) is 13.5. The third kappa shape index (κ3) is 4.18. The Labute approximate surface area is 124 Å². The lowest BCUT2D eigenvalue weighted by Crippen LogP contribution is -2.35. The number of nitrogens with zero attached hydrogens (tertiary/aromatic N) is 3. The molecule has 0 saturated carbocycles. The standard InChI is InChI=1S/C14H23N3O2S/c1-5-6-7-17(8-9-18)14(19)12-10(2)15-11(3)16-13(12)20-4/h18H,5-9H2,1-4H3. The summed E-state index contributed by atoms with van der Waals surface area (Å²) in [7, 11) is 0. The quantitative estimate of drug-likeness (QED) is 0.616. The first-order valence-electron chi connectivity index (χ1n) is 6.84. The second kappa shape index (κ2) is 8.21. The van der Waals surface area contributed by atoms with Gasteiger partial charge in [0.1, 0.15) is 10.9 Å². The predicted molar refractivity (Wildman–Crippen MR) is 81.2 cm³/mol. The molecule has 0 fully saturated rings. The van der Waals surface area contributed by atoms with Gasteiger partial charge in [-0.2, -0.15) is 0 Å². The van der Waals surface area contributed by atoms with Crippen LogP contribution >= 0.6 is 11.8 Å². The fourth-order valence-corrected chi connectivity index (χ4v) is 2.68. The number of hydrogen-bond acceptors (Lipinski definition) is 5. The number of unbranched alkanes of at least 4 members (excludes halogenated alkanes) is 1. The Balaban J connectivity index is 3.10. The topological polar surface area (TPSA) is 66.3 Å². The van der Waals surface area contributed by atoms with Crippen molar-refractivity contribution in [2.45, 2.75) is 38.6 Å². The Kier molecular flexibility index (Phi) is 6.95. The highest BCUT2D eigenvalue weighted by molar-refractivity contribution is 7.98. The minimum absolute atomic E-state index is 0.0319. The van der Waals surface area contributed by atoms with E-state index in [2.05, 4.69) is 16.9 Å². The maximum absolute atomic E-state index is 12.7. The van der Waals surface area contributed by atoms with Crippen LogP contribution in [0.2, 0.25) is 0 Å². The van der Waals surface area contributed by atoms with Crippen LogP contribution in [0.3, 0.4) is 0 Å². The zero-order valence-electron chi connectivity index (χ0n) is 12.6. The van der Waals surface area contributed by atoms with E-state index in [1.165, 1.54) is 11.8 Å². The van der Waals surface area contributed by atoms with Crippen LogP contribution in [-0.2, 0) is 0 Å². The van der Waals surface area contributed by atoms with E-state index in [1.807, 2.05) is 20.1 Å². The molecule has 1 amide bonds. The second-order valence-corrected chi connectivity index (χ2v) is 5.40. The minimum atomic E-state index is -0.0886. The summed E-state index contributed by atoms with van der Waals surface area (Å²) >= 11 is 1.45. The molecule has 1 aromatic rings. The molecule has 0 aliphatic heterocycles. The number of aromatic nitrogens is 2. The maximum atomic E-state index is 12.7. The van der Waals surface area contributed by atoms with Gasteiger partial charge in [0.05, 0.1) is 17.9 Å². The summed E-state index contributed by atoms with van der Waals surface area (Å²) in [4.78, 5) is 23.0. The molecule has 0 aliphatic rings. The summed E-state index contributed by atoms with van der Waals surface area (Å²) in [5, 5.41) is 9.85. The van der Waals surface area contributed by atoms with Gasteiger partial charge in [0, 0.05) is 13.1 Å². The van der Waals surface area contributed by atoms with E-state index >= 15 is 0 Å². The summed E-state index contributed by atoms with van der Waals surface area (Å²) in [6.07, 6.45) is 3.83. The van der Waals surface area contributed by atoms with Crippen molar-refractivity contribution >= 4 is 17.7 Å². The Bertz CT molecular complexity index is 466. The molecule has 0 saturated heterocycles. The van der Waals surface area contributed by atoms with Crippen LogP contribution in [0.1, 0.15) is 41.6 Å². The van der Waals surface area contributed by atoms with Crippen LogP contribution in [0.15, 0.2) is 5.03 Å². The third-order valence-corrected chi connectivity index (χ3v) is 3.70.